The first-order valence-corrected chi connectivity index (χ1v) is 4.98. The van der Waals surface area contributed by atoms with Crippen LogP contribution in [0, 0.1) is 0 Å². The monoisotopic (exact) mass is 202 g/mol. The highest BCUT2D eigenvalue weighted by molar-refractivity contribution is 5.33. The highest BCUT2D eigenvalue weighted by Crippen LogP contribution is 2.17. The van der Waals surface area contributed by atoms with Crippen molar-refractivity contribution >= 4 is 0 Å². The molecule has 0 amide bonds. The van der Waals surface area contributed by atoms with Crippen molar-refractivity contribution in [3.8, 4) is 5.75 Å². The minimum atomic E-state index is 0.931. The summed E-state index contributed by atoms with van der Waals surface area (Å²) in [5, 5.41) is 0. The van der Waals surface area contributed by atoms with Crippen LogP contribution in [0.3, 0.4) is 0 Å². The molecule has 0 bridgehead atoms. The van der Waals surface area contributed by atoms with Gasteiger partial charge in [0.2, 0.25) is 0 Å². The zero-order valence-electron chi connectivity index (χ0n) is 8.76. The van der Waals surface area contributed by atoms with Gasteiger partial charge in [0.25, 0.3) is 0 Å². The summed E-state index contributed by atoms with van der Waals surface area (Å²) in [6.45, 7) is 0.931. The molecule has 0 aliphatic heterocycles. The van der Waals surface area contributed by atoms with E-state index in [0.29, 0.717) is 0 Å². The number of ether oxygens (including phenoxy) is 1. The van der Waals surface area contributed by atoms with Crippen molar-refractivity contribution < 1.29 is 4.74 Å². The van der Waals surface area contributed by atoms with E-state index in [2.05, 4.69) is 15.6 Å². The van der Waals surface area contributed by atoms with Crippen molar-refractivity contribution in [3.63, 3.8) is 0 Å². The molecule has 0 fully saturated rings. The van der Waals surface area contributed by atoms with Gasteiger partial charge in [-0.2, -0.15) is 0 Å². The number of benzene rings is 1. The van der Waals surface area contributed by atoms with Crippen LogP contribution in [0.1, 0.15) is 5.56 Å². The Morgan fingerprint density at radius 2 is 2.20 bits per heavy atom. The molecule has 0 aliphatic carbocycles. The predicted octanol–water partition coefficient (Wildman–Crippen LogP) is 2.13. The second kappa shape index (κ2) is 4.64. The van der Waals surface area contributed by atoms with Crippen molar-refractivity contribution in [3.05, 3.63) is 48.5 Å². The SMILES string of the molecule is COc1ccccc1CCn1ccnc1. The number of hydrogen-bond donors (Lipinski definition) is 0. The Balaban J connectivity index is 2.04. The van der Waals surface area contributed by atoms with E-state index in [1.807, 2.05) is 30.7 Å². The minimum Gasteiger partial charge on any atom is -0.496 e. The Morgan fingerprint density at radius 1 is 1.33 bits per heavy atom. The van der Waals surface area contributed by atoms with Crippen molar-refractivity contribution in [1.82, 2.24) is 9.55 Å². The molecular formula is C12H14N2O. The second-order valence-corrected chi connectivity index (χ2v) is 3.36. The van der Waals surface area contributed by atoms with Crippen LogP contribution < -0.4 is 4.74 Å². The van der Waals surface area contributed by atoms with Crippen LogP contribution in [-0.2, 0) is 13.0 Å². The predicted molar refractivity (Wildman–Crippen MR) is 58.9 cm³/mol. The molecule has 2 aromatic rings. The van der Waals surface area contributed by atoms with Gasteiger partial charge in [-0.15, -0.1) is 0 Å². The van der Waals surface area contributed by atoms with Gasteiger partial charge in [-0.3, -0.25) is 0 Å². The summed E-state index contributed by atoms with van der Waals surface area (Å²) in [5.41, 5.74) is 1.23. The molecule has 0 aliphatic rings. The van der Waals surface area contributed by atoms with Gasteiger partial charge in [-0.25, -0.2) is 4.98 Å². The van der Waals surface area contributed by atoms with Crippen molar-refractivity contribution in [2.24, 2.45) is 0 Å². The molecule has 0 saturated carbocycles. The van der Waals surface area contributed by atoms with Crippen molar-refractivity contribution in [1.29, 1.82) is 0 Å². The summed E-state index contributed by atoms with van der Waals surface area (Å²) < 4.78 is 7.35. The van der Waals surface area contributed by atoms with Gasteiger partial charge in [-0.1, -0.05) is 18.2 Å². The summed E-state index contributed by atoms with van der Waals surface area (Å²) in [5.74, 6) is 0.956. The summed E-state index contributed by atoms with van der Waals surface area (Å²) in [6.07, 6.45) is 6.55. The van der Waals surface area contributed by atoms with Gasteiger partial charge < -0.3 is 9.30 Å². The standard InChI is InChI=1S/C12H14N2O/c1-15-12-5-3-2-4-11(12)6-8-14-9-7-13-10-14/h2-5,7,9-10H,6,8H2,1H3. The van der Waals surface area contributed by atoms with Gasteiger partial charge in [0, 0.05) is 18.9 Å². The van der Waals surface area contributed by atoms with E-state index in [1.54, 1.807) is 13.3 Å². The molecule has 2 rings (SSSR count). The molecule has 78 valence electrons. The number of methoxy groups -OCH3 is 1. The maximum Gasteiger partial charge on any atom is 0.122 e. The third-order valence-corrected chi connectivity index (χ3v) is 2.39. The smallest absolute Gasteiger partial charge is 0.122 e. The van der Waals surface area contributed by atoms with Gasteiger partial charge in [0.1, 0.15) is 5.75 Å². The molecule has 0 atom stereocenters. The lowest BCUT2D eigenvalue weighted by atomic mass is 10.1. The summed E-state index contributed by atoms with van der Waals surface area (Å²) in [7, 11) is 1.70. The first-order valence-electron chi connectivity index (χ1n) is 4.98. The number of nitrogens with zero attached hydrogens (tertiary/aromatic N) is 2. The van der Waals surface area contributed by atoms with Gasteiger partial charge >= 0.3 is 0 Å². The van der Waals surface area contributed by atoms with Crippen LogP contribution in [0.15, 0.2) is 43.0 Å². The van der Waals surface area contributed by atoms with E-state index < -0.39 is 0 Å². The van der Waals surface area contributed by atoms with Gasteiger partial charge in [0.05, 0.1) is 13.4 Å². The van der Waals surface area contributed by atoms with Crippen molar-refractivity contribution in [2.45, 2.75) is 13.0 Å². The zero-order chi connectivity index (χ0) is 10.5. The first-order chi connectivity index (χ1) is 7.40. The van der Waals surface area contributed by atoms with E-state index in [9.17, 15) is 0 Å². The zero-order valence-corrected chi connectivity index (χ0v) is 8.76. The summed E-state index contributed by atoms with van der Waals surface area (Å²) in [6, 6.07) is 8.10. The molecular weight excluding hydrogens is 188 g/mol. The highest BCUT2D eigenvalue weighted by atomic mass is 16.5. The summed E-state index contributed by atoms with van der Waals surface area (Å²) >= 11 is 0. The fourth-order valence-corrected chi connectivity index (χ4v) is 1.58. The van der Waals surface area contributed by atoms with Crippen molar-refractivity contribution in [2.75, 3.05) is 7.11 Å². The third kappa shape index (κ3) is 2.37. The number of aryl methyl sites for hydroxylation is 2. The molecule has 0 radical (unpaired) electrons. The lowest BCUT2D eigenvalue weighted by Crippen LogP contribution is -2.00. The Bertz CT molecular complexity index is 409. The van der Waals surface area contributed by atoms with E-state index in [0.717, 1.165) is 18.7 Å². The van der Waals surface area contributed by atoms with Crippen LogP contribution in [0.5, 0.6) is 5.75 Å². The molecule has 0 spiro atoms. The molecule has 1 heterocycles. The second-order valence-electron chi connectivity index (χ2n) is 3.36. The van der Waals surface area contributed by atoms with E-state index in [4.69, 9.17) is 4.74 Å². The lowest BCUT2D eigenvalue weighted by molar-refractivity contribution is 0.408. The Kier molecular flexibility index (Phi) is 3.02. The fourth-order valence-electron chi connectivity index (χ4n) is 1.58. The van der Waals surface area contributed by atoms with Crippen LogP contribution >= 0.6 is 0 Å². The van der Waals surface area contributed by atoms with E-state index >= 15 is 0 Å². The highest BCUT2D eigenvalue weighted by Gasteiger charge is 2.00. The number of para-hydroxylation sites is 1. The maximum atomic E-state index is 5.29. The van der Waals surface area contributed by atoms with Gasteiger partial charge in [-0.05, 0) is 18.1 Å². The quantitative estimate of drug-likeness (QED) is 0.759. The Labute approximate surface area is 89.3 Å². The van der Waals surface area contributed by atoms with Crippen LogP contribution in [-0.4, -0.2) is 16.7 Å². The van der Waals surface area contributed by atoms with Crippen LogP contribution in [0.2, 0.25) is 0 Å². The Morgan fingerprint density at radius 3 is 2.93 bits per heavy atom. The van der Waals surface area contributed by atoms with E-state index in [-0.39, 0.29) is 0 Å². The Hall–Kier alpha value is -1.77. The molecule has 0 saturated heterocycles. The molecule has 3 nitrogen and oxygen atoms in total. The van der Waals surface area contributed by atoms with Crippen LogP contribution in [0.4, 0.5) is 0 Å². The van der Waals surface area contributed by atoms with Crippen LogP contribution in [0.25, 0.3) is 0 Å². The number of rotatable bonds is 4. The third-order valence-electron chi connectivity index (χ3n) is 2.39. The molecule has 1 aromatic heterocycles. The van der Waals surface area contributed by atoms with E-state index in [1.165, 1.54) is 5.56 Å². The minimum absolute atomic E-state index is 0.931. The molecule has 3 heteroatoms. The summed E-state index contributed by atoms with van der Waals surface area (Å²) in [4.78, 5) is 4.01. The number of aromatic nitrogens is 2. The molecule has 15 heavy (non-hydrogen) atoms. The maximum absolute atomic E-state index is 5.29. The van der Waals surface area contributed by atoms with Gasteiger partial charge in [0.15, 0.2) is 0 Å². The number of imidazole rings is 1. The molecule has 0 N–H and O–H groups in total. The average molecular weight is 202 g/mol. The molecule has 1 aromatic carbocycles. The first kappa shape index (κ1) is 9.77. The topological polar surface area (TPSA) is 27.1 Å². The fraction of sp³-hybridized carbons (Fsp3) is 0.250. The number of hydrogen-bond acceptors (Lipinski definition) is 2. The largest absolute Gasteiger partial charge is 0.496 e. The average Bonchev–Trinajstić information content (AvgIpc) is 2.79. The normalized spacial score (nSPS) is 10.2. The lowest BCUT2D eigenvalue weighted by Gasteiger charge is -2.08. The molecule has 0 unspecified atom stereocenters.